The van der Waals surface area contributed by atoms with Gasteiger partial charge in [0.25, 0.3) is 5.91 Å². The van der Waals surface area contributed by atoms with Gasteiger partial charge in [0.15, 0.2) is 0 Å². The molecule has 2 aromatic heterocycles. The number of aliphatic carboxylic acids is 1. The van der Waals surface area contributed by atoms with Crippen LogP contribution >= 0.6 is 11.3 Å². The Bertz CT molecular complexity index is 677. The first-order valence-corrected chi connectivity index (χ1v) is 6.93. The van der Waals surface area contributed by atoms with E-state index in [-0.39, 0.29) is 11.6 Å². The third-order valence-corrected chi connectivity index (χ3v) is 3.56. The van der Waals surface area contributed by atoms with Gasteiger partial charge in [-0.3, -0.25) is 9.78 Å². The van der Waals surface area contributed by atoms with Gasteiger partial charge < -0.3 is 10.4 Å². The van der Waals surface area contributed by atoms with Gasteiger partial charge in [0.2, 0.25) is 0 Å². The Morgan fingerprint density at radius 2 is 2.14 bits per heavy atom. The molecule has 6 nitrogen and oxygen atoms in total. The summed E-state index contributed by atoms with van der Waals surface area (Å²) in [6.07, 6.45) is 5.56. The summed E-state index contributed by atoms with van der Waals surface area (Å²) in [6, 6.07) is 3.64. The zero-order valence-electron chi connectivity index (χ0n) is 11.2. The molecule has 7 heteroatoms. The number of hydrogen-bond donors (Lipinski definition) is 2. The number of thiophene rings is 1. The molecule has 0 fully saturated rings. The molecule has 0 bridgehead atoms. The number of hydrogen-bond acceptors (Lipinski definition) is 5. The summed E-state index contributed by atoms with van der Waals surface area (Å²) in [5, 5.41) is 11.3. The number of nitrogens with zero attached hydrogens (tertiary/aromatic N) is 2. The molecule has 2 aromatic rings. The zero-order valence-corrected chi connectivity index (χ0v) is 12.1. The quantitative estimate of drug-likeness (QED) is 0.823. The summed E-state index contributed by atoms with van der Waals surface area (Å²) in [5.41, 5.74) is 1.02. The SMILES string of the molecule is Cc1cnc(C(=O)NCc2ccc(C=CC(=O)O)s2)cn1. The third kappa shape index (κ3) is 4.50. The minimum absolute atomic E-state index is 0.267. The van der Waals surface area contributed by atoms with Gasteiger partial charge in [-0.2, -0.15) is 0 Å². The first-order valence-electron chi connectivity index (χ1n) is 6.11. The molecule has 0 aliphatic carbocycles. The Morgan fingerprint density at radius 3 is 2.81 bits per heavy atom. The lowest BCUT2D eigenvalue weighted by atomic mass is 10.3. The molecule has 0 spiro atoms. The number of amides is 1. The van der Waals surface area contributed by atoms with E-state index in [2.05, 4.69) is 15.3 Å². The van der Waals surface area contributed by atoms with E-state index in [0.717, 1.165) is 21.5 Å². The lowest BCUT2D eigenvalue weighted by Gasteiger charge is -2.02. The van der Waals surface area contributed by atoms with E-state index in [4.69, 9.17) is 5.11 Å². The van der Waals surface area contributed by atoms with E-state index in [1.54, 1.807) is 13.0 Å². The van der Waals surface area contributed by atoms with Crippen LogP contribution in [0.2, 0.25) is 0 Å². The van der Waals surface area contributed by atoms with Crippen molar-refractivity contribution in [3.63, 3.8) is 0 Å². The van der Waals surface area contributed by atoms with Gasteiger partial charge in [-0.15, -0.1) is 11.3 Å². The van der Waals surface area contributed by atoms with Gasteiger partial charge in [-0.05, 0) is 25.1 Å². The Morgan fingerprint density at radius 1 is 1.33 bits per heavy atom. The van der Waals surface area contributed by atoms with E-state index < -0.39 is 5.97 Å². The highest BCUT2D eigenvalue weighted by molar-refractivity contribution is 7.12. The van der Waals surface area contributed by atoms with Crippen LogP contribution in [0.25, 0.3) is 6.08 Å². The highest BCUT2D eigenvalue weighted by Crippen LogP contribution is 2.17. The number of carbonyl (C=O) groups is 2. The summed E-state index contributed by atoms with van der Waals surface area (Å²) in [5.74, 6) is -1.28. The van der Waals surface area contributed by atoms with E-state index in [1.165, 1.54) is 29.8 Å². The monoisotopic (exact) mass is 303 g/mol. The number of carbonyl (C=O) groups excluding carboxylic acids is 1. The molecule has 0 saturated carbocycles. The van der Waals surface area contributed by atoms with Crippen molar-refractivity contribution in [2.75, 3.05) is 0 Å². The topological polar surface area (TPSA) is 92.2 Å². The van der Waals surface area contributed by atoms with Crippen LogP contribution in [-0.4, -0.2) is 27.0 Å². The molecule has 0 unspecified atom stereocenters. The number of carboxylic acids is 1. The molecule has 2 rings (SSSR count). The van der Waals surface area contributed by atoms with Gasteiger partial charge >= 0.3 is 5.97 Å². The van der Waals surface area contributed by atoms with Crippen molar-refractivity contribution < 1.29 is 14.7 Å². The van der Waals surface area contributed by atoms with Crippen molar-refractivity contribution in [2.45, 2.75) is 13.5 Å². The van der Waals surface area contributed by atoms with Crippen molar-refractivity contribution in [1.82, 2.24) is 15.3 Å². The molecule has 2 heterocycles. The summed E-state index contributed by atoms with van der Waals surface area (Å²) in [6.45, 7) is 2.16. The van der Waals surface area contributed by atoms with Crippen LogP contribution in [0.3, 0.4) is 0 Å². The number of aromatic nitrogens is 2. The summed E-state index contributed by atoms with van der Waals surface area (Å²) in [4.78, 5) is 32.0. The van der Waals surface area contributed by atoms with Crippen LogP contribution in [0.4, 0.5) is 0 Å². The average molecular weight is 303 g/mol. The maximum atomic E-state index is 11.9. The predicted molar refractivity (Wildman–Crippen MR) is 78.9 cm³/mol. The average Bonchev–Trinajstić information content (AvgIpc) is 2.91. The van der Waals surface area contributed by atoms with Crippen molar-refractivity contribution in [3.05, 3.63) is 51.7 Å². The smallest absolute Gasteiger partial charge is 0.328 e. The molecule has 21 heavy (non-hydrogen) atoms. The summed E-state index contributed by atoms with van der Waals surface area (Å²) in [7, 11) is 0. The Hall–Kier alpha value is -2.54. The lowest BCUT2D eigenvalue weighted by molar-refractivity contribution is -0.131. The second-order valence-corrected chi connectivity index (χ2v) is 5.40. The molecule has 0 radical (unpaired) electrons. The fraction of sp³-hybridized carbons (Fsp3) is 0.143. The first-order chi connectivity index (χ1) is 10.0. The summed E-state index contributed by atoms with van der Waals surface area (Å²) < 4.78 is 0. The molecule has 0 aliphatic heterocycles. The minimum atomic E-state index is -0.990. The van der Waals surface area contributed by atoms with Crippen molar-refractivity contribution in [1.29, 1.82) is 0 Å². The fourth-order valence-electron chi connectivity index (χ4n) is 1.50. The van der Waals surface area contributed by atoms with Gasteiger partial charge in [-0.25, -0.2) is 9.78 Å². The Kier molecular flexibility index (Phi) is 4.78. The molecular formula is C14H13N3O3S. The van der Waals surface area contributed by atoms with E-state index in [0.29, 0.717) is 6.54 Å². The van der Waals surface area contributed by atoms with Gasteiger partial charge in [0.05, 0.1) is 18.4 Å². The standard InChI is InChI=1S/C14H13N3O3S/c1-9-6-16-12(8-15-9)14(20)17-7-11-3-2-10(21-11)4-5-13(18)19/h2-6,8H,7H2,1H3,(H,17,20)(H,18,19). The van der Waals surface area contributed by atoms with Crippen molar-refractivity contribution in [3.8, 4) is 0 Å². The maximum absolute atomic E-state index is 11.9. The molecule has 2 N–H and O–H groups in total. The molecule has 0 atom stereocenters. The van der Waals surface area contributed by atoms with Crippen LogP contribution in [0.15, 0.2) is 30.6 Å². The predicted octanol–water partition coefficient (Wildman–Crippen LogP) is 1.87. The molecule has 108 valence electrons. The molecule has 0 aromatic carbocycles. The molecular weight excluding hydrogens is 290 g/mol. The van der Waals surface area contributed by atoms with E-state index in [9.17, 15) is 9.59 Å². The fourth-order valence-corrected chi connectivity index (χ4v) is 2.36. The zero-order chi connectivity index (χ0) is 15.2. The number of aryl methyl sites for hydroxylation is 1. The number of carboxylic acid groups (broad SMARTS) is 1. The molecule has 0 saturated heterocycles. The number of nitrogens with one attached hydrogen (secondary N) is 1. The Labute approximate surface area is 125 Å². The van der Waals surface area contributed by atoms with E-state index in [1.807, 2.05) is 6.07 Å². The highest BCUT2D eigenvalue weighted by atomic mass is 32.1. The lowest BCUT2D eigenvalue weighted by Crippen LogP contribution is -2.23. The normalized spacial score (nSPS) is 10.7. The second-order valence-electron chi connectivity index (χ2n) is 4.20. The largest absolute Gasteiger partial charge is 0.478 e. The highest BCUT2D eigenvalue weighted by Gasteiger charge is 2.07. The molecule has 1 amide bonds. The molecule has 0 aliphatic rings. The van der Waals surface area contributed by atoms with Crippen LogP contribution in [0.1, 0.15) is 25.9 Å². The summed E-state index contributed by atoms with van der Waals surface area (Å²) >= 11 is 1.41. The minimum Gasteiger partial charge on any atom is -0.478 e. The Balaban J connectivity index is 1.92. The second kappa shape index (κ2) is 6.76. The van der Waals surface area contributed by atoms with Gasteiger partial charge in [0, 0.05) is 22.0 Å². The van der Waals surface area contributed by atoms with Crippen molar-refractivity contribution >= 4 is 29.3 Å². The van der Waals surface area contributed by atoms with Crippen molar-refractivity contribution in [2.24, 2.45) is 0 Å². The third-order valence-electron chi connectivity index (χ3n) is 2.51. The van der Waals surface area contributed by atoms with Gasteiger partial charge in [-0.1, -0.05) is 0 Å². The van der Waals surface area contributed by atoms with Crippen LogP contribution in [0.5, 0.6) is 0 Å². The van der Waals surface area contributed by atoms with Crippen LogP contribution < -0.4 is 5.32 Å². The van der Waals surface area contributed by atoms with E-state index >= 15 is 0 Å². The van der Waals surface area contributed by atoms with Gasteiger partial charge in [0.1, 0.15) is 5.69 Å². The first kappa shape index (κ1) is 14.9. The number of rotatable bonds is 5. The van der Waals surface area contributed by atoms with Crippen LogP contribution in [0, 0.1) is 6.92 Å². The van der Waals surface area contributed by atoms with Crippen LogP contribution in [-0.2, 0) is 11.3 Å². The maximum Gasteiger partial charge on any atom is 0.328 e.